The molecule has 2 N–H and O–H groups in total. The largest absolute Gasteiger partial charge is 0.457 e. The standard InChI is InChI=1S/C29H22N2O4.C25H24N6O2/c1-2-28(32)31-19-20-7-6-8-21(17-20)27-18-25-29(35-27)26(15-16-30-25)34-24-13-11-23(12-14-24)33-22-9-4-3-5-10-22;1-2-23(32)30-14-6-7-19(16-30)31-25-22(15-28-31)24(26-17-27-25)29-18-10-12-21(13-11-18)33-20-8-4-3-5-9-20/h2-18H,1,19H2,(H,31,32);2-5,8-13,15,17,19H,1,6-7,14,16H2,(H,26,27,29)/t;19-/m.1/s1. The number of carbonyl (C=O) groups is 2. The lowest BCUT2D eigenvalue weighted by atomic mass is 10.1. The number of piperidine rings is 1. The summed E-state index contributed by atoms with van der Waals surface area (Å²) < 4.78 is 25.8. The molecule has 14 heteroatoms. The number of para-hydroxylation sites is 2. The van der Waals surface area contributed by atoms with Gasteiger partial charge >= 0.3 is 0 Å². The number of anilines is 2. The molecule has 1 saturated heterocycles. The van der Waals surface area contributed by atoms with E-state index >= 15 is 0 Å². The summed E-state index contributed by atoms with van der Waals surface area (Å²) in [6.07, 6.45) is 9.46. The Bertz CT molecular complexity index is 3170. The maximum atomic E-state index is 12.1. The van der Waals surface area contributed by atoms with Crippen LogP contribution >= 0.6 is 0 Å². The molecule has 0 bridgehead atoms. The average molecular weight is 903 g/mol. The van der Waals surface area contributed by atoms with Crippen LogP contribution in [0.4, 0.5) is 11.5 Å². The van der Waals surface area contributed by atoms with Crippen LogP contribution in [-0.4, -0.2) is 54.5 Å². The molecule has 1 aliphatic heterocycles. The molecule has 0 radical (unpaired) electrons. The fraction of sp³-hybridized carbons (Fsp3) is 0.111. The van der Waals surface area contributed by atoms with E-state index in [-0.39, 0.29) is 17.9 Å². The first-order valence-electron chi connectivity index (χ1n) is 22.0. The van der Waals surface area contributed by atoms with Crippen molar-refractivity contribution in [2.45, 2.75) is 25.4 Å². The Morgan fingerprint density at radius 3 is 2.10 bits per heavy atom. The van der Waals surface area contributed by atoms with Crippen LogP contribution in [0.1, 0.15) is 24.4 Å². The molecule has 10 rings (SSSR count). The van der Waals surface area contributed by atoms with Crippen molar-refractivity contribution in [3.8, 4) is 45.8 Å². The minimum atomic E-state index is -0.218. The van der Waals surface area contributed by atoms with Gasteiger partial charge in [-0.05, 0) is 109 Å². The van der Waals surface area contributed by atoms with Crippen LogP contribution in [0.5, 0.6) is 34.5 Å². The first kappa shape index (κ1) is 44.2. The highest BCUT2D eigenvalue weighted by atomic mass is 16.5. The number of hydrogen-bond donors (Lipinski definition) is 2. The molecule has 1 atom stereocenters. The number of hydrogen-bond acceptors (Lipinski definition) is 11. The van der Waals surface area contributed by atoms with Gasteiger partial charge in [-0.2, -0.15) is 5.10 Å². The van der Waals surface area contributed by atoms with Crippen molar-refractivity contribution < 1.29 is 28.2 Å². The van der Waals surface area contributed by atoms with E-state index in [2.05, 4.69) is 43.8 Å². The van der Waals surface area contributed by atoms with E-state index < -0.39 is 0 Å². The first-order chi connectivity index (χ1) is 33.4. The van der Waals surface area contributed by atoms with Gasteiger partial charge in [0.25, 0.3) is 0 Å². The second-order valence-electron chi connectivity index (χ2n) is 15.6. The van der Waals surface area contributed by atoms with E-state index in [1.54, 1.807) is 18.5 Å². The van der Waals surface area contributed by atoms with Gasteiger partial charge in [0.05, 0.1) is 17.6 Å². The molecule has 338 valence electrons. The van der Waals surface area contributed by atoms with E-state index in [1.807, 2.05) is 149 Å². The van der Waals surface area contributed by atoms with Gasteiger partial charge in [-0.3, -0.25) is 14.6 Å². The summed E-state index contributed by atoms with van der Waals surface area (Å²) in [5.41, 5.74) is 4.68. The van der Waals surface area contributed by atoms with E-state index in [0.717, 1.165) is 64.5 Å². The summed E-state index contributed by atoms with van der Waals surface area (Å²) in [4.78, 5) is 38.7. The zero-order valence-corrected chi connectivity index (χ0v) is 36.9. The fourth-order valence-electron chi connectivity index (χ4n) is 7.64. The predicted molar refractivity (Wildman–Crippen MR) is 261 cm³/mol. The van der Waals surface area contributed by atoms with Crippen molar-refractivity contribution >= 4 is 45.5 Å². The normalized spacial score (nSPS) is 13.2. The van der Waals surface area contributed by atoms with E-state index in [0.29, 0.717) is 53.0 Å². The van der Waals surface area contributed by atoms with E-state index in [9.17, 15) is 9.59 Å². The summed E-state index contributed by atoms with van der Waals surface area (Å²) >= 11 is 0. The molecule has 14 nitrogen and oxygen atoms in total. The van der Waals surface area contributed by atoms with Crippen molar-refractivity contribution in [1.82, 2.24) is 34.9 Å². The van der Waals surface area contributed by atoms with Crippen LogP contribution in [0.3, 0.4) is 0 Å². The lowest BCUT2D eigenvalue weighted by Crippen LogP contribution is -2.40. The lowest BCUT2D eigenvalue weighted by molar-refractivity contribution is -0.127. The van der Waals surface area contributed by atoms with Gasteiger partial charge < -0.3 is 34.2 Å². The third kappa shape index (κ3) is 10.7. The van der Waals surface area contributed by atoms with Crippen molar-refractivity contribution in [1.29, 1.82) is 0 Å². The van der Waals surface area contributed by atoms with E-state index in [1.165, 1.54) is 18.5 Å². The molecule has 5 heterocycles. The first-order valence-corrected chi connectivity index (χ1v) is 22.0. The van der Waals surface area contributed by atoms with Crippen LogP contribution in [0, 0.1) is 0 Å². The third-order valence-corrected chi connectivity index (χ3v) is 11.0. The summed E-state index contributed by atoms with van der Waals surface area (Å²) in [5.74, 6) is 5.31. The lowest BCUT2D eigenvalue weighted by Gasteiger charge is -2.32. The topological polar surface area (TPSA) is 159 Å². The second kappa shape index (κ2) is 20.9. The quantitative estimate of drug-likeness (QED) is 0.100. The number of furan rings is 1. The maximum absolute atomic E-state index is 12.1. The number of aromatic nitrogens is 5. The minimum Gasteiger partial charge on any atom is -0.457 e. The molecule has 1 fully saturated rings. The Morgan fingerprint density at radius 1 is 0.735 bits per heavy atom. The molecule has 0 aliphatic carbocycles. The number of amides is 2. The predicted octanol–water partition coefficient (Wildman–Crippen LogP) is 11.6. The van der Waals surface area contributed by atoms with Gasteiger partial charge in [-0.15, -0.1) is 0 Å². The van der Waals surface area contributed by atoms with Crippen LogP contribution in [0.2, 0.25) is 0 Å². The number of fused-ring (bicyclic) bond motifs is 2. The Hall–Kier alpha value is -9.04. The molecule has 2 amide bonds. The Labute approximate surface area is 392 Å². The number of likely N-dealkylation sites (tertiary alicyclic amines) is 1. The Kier molecular flexibility index (Phi) is 13.5. The summed E-state index contributed by atoms with van der Waals surface area (Å²) in [6, 6.07) is 45.8. The van der Waals surface area contributed by atoms with Crippen molar-refractivity contribution in [3.05, 3.63) is 195 Å². The smallest absolute Gasteiger partial charge is 0.246 e. The van der Waals surface area contributed by atoms with E-state index in [4.69, 9.17) is 18.6 Å². The molecule has 0 saturated carbocycles. The molecule has 5 aromatic carbocycles. The van der Waals surface area contributed by atoms with Crippen LogP contribution < -0.4 is 24.8 Å². The van der Waals surface area contributed by atoms with Gasteiger partial charge in [0.1, 0.15) is 52.2 Å². The molecule has 0 unspecified atom stereocenters. The number of nitrogens with one attached hydrogen (secondary N) is 2. The highest BCUT2D eigenvalue weighted by Gasteiger charge is 2.26. The molecular formula is C54H46N8O6. The van der Waals surface area contributed by atoms with Crippen LogP contribution in [0.25, 0.3) is 33.5 Å². The summed E-state index contributed by atoms with van der Waals surface area (Å²) in [5, 5.41) is 11.6. The van der Waals surface area contributed by atoms with Gasteiger partial charge in [0.15, 0.2) is 17.0 Å². The zero-order valence-electron chi connectivity index (χ0n) is 36.9. The molecular weight excluding hydrogens is 857 g/mol. The fourth-order valence-corrected chi connectivity index (χ4v) is 7.64. The molecule has 0 spiro atoms. The van der Waals surface area contributed by atoms with Crippen LogP contribution in [0.15, 0.2) is 194 Å². The summed E-state index contributed by atoms with van der Waals surface area (Å²) in [7, 11) is 0. The van der Waals surface area contributed by atoms with Crippen molar-refractivity contribution in [2.24, 2.45) is 0 Å². The number of nitrogens with zero attached hydrogens (tertiary/aromatic N) is 6. The maximum Gasteiger partial charge on any atom is 0.246 e. The average Bonchev–Trinajstić information content (AvgIpc) is 4.04. The number of carbonyl (C=O) groups excluding carboxylic acids is 2. The summed E-state index contributed by atoms with van der Waals surface area (Å²) in [6.45, 7) is 8.81. The number of benzene rings is 5. The number of rotatable bonds is 14. The van der Waals surface area contributed by atoms with Crippen molar-refractivity contribution in [2.75, 3.05) is 18.4 Å². The monoisotopic (exact) mass is 902 g/mol. The second-order valence-corrected chi connectivity index (χ2v) is 15.6. The van der Waals surface area contributed by atoms with Gasteiger partial charge in [0.2, 0.25) is 11.8 Å². The SMILES string of the molecule is C=CC(=O)N1CCC[C@@H](n2ncc3c(Nc4ccc(Oc5ccccc5)cc4)ncnc32)C1.C=CC(=O)NCc1cccc(-c2cc3nccc(Oc4ccc(Oc5ccccc5)cc4)c3o2)c1. The van der Waals surface area contributed by atoms with Crippen molar-refractivity contribution in [3.63, 3.8) is 0 Å². The highest BCUT2D eigenvalue weighted by Crippen LogP contribution is 2.36. The molecule has 9 aromatic rings. The molecule has 1 aliphatic rings. The zero-order chi connectivity index (χ0) is 46.7. The van der Waals surface area contributed by atoms with Gasteiger partial charge in [-0.25, -0.2) is 14.6 Å². The van der Waals surface area contributed by atoms with Crippen LogP contribution in [-0.2, 0) is 16.1 Å². The molecule has 68 heavy (non-hydrogen) atoms. The number of pyridine rings is 1. The third-order valence-electron chi connectivity index (χ3n) is 11.0. The Morgan fingerprint density at radius 2 is 1.41 bits per heavy atom. The van der Waals surface area contributed by atoms with Gasteiger partial charge in [-0.1, -0.05) is 67.8 Å². The van der Waals surface area contributed by atoms with Gasteiger partial charge in [0, 0.05) is 49.2 Å². The highest BCUT2D eigenvalue weighted by molar-refractivity contribution is 5.89. The Balaban J connectivity index is 0.000000170. The minimum absolute atomic E-state index is 0.0483. The number of ether oxygens (including phenoxy) is 3. The molecule has 4 aromatic heterocycles.